The highest BCUT2D eigenvalue weighted by molar-refractivity contribution is 9.12. The van der Waals surface area contributed by atoms with Crippen LogP contribution in [0.15, 0.2) is 77.3 Å². The van der Waals surface area contributed by atoms with Crippen LogP contribution in [-0.2, 0) is 14.3 Å². The number of halogens is 3. The van der Waals surface area contributed by atoms with Crippen LogP contribution in [-0.4, -0.2) is 45.8 Å². The number of ketones is 1. The Bertz CT molecular complexity index is 1500. The maximum Gasteiger partial charge on any atom is 0.343 e. The fraction of sp³-hybridized carbons (Fsp3) is 0.233. The van der Waals surface area contributed by atoms with Gasteiger partial charge in [0.2, 0.25) is 11.8 Å². The summed E-state index contributed by atoms with van der Waals surface area (Å²) in [7, 11) is 0. The summed E-state index contributed by atoms with van der Waals surface area (Å²) >= 11 is 10.5. The molecular weight excluding hydrogens is 726 g/mol. The average molecular weight is 748 g/mol. The molecule has 1 saturated heterocycles. The predicted molar refractivity (Wildman–Crippen MR) is 161 cm³/mol. The van der Waals surface area contributed by atoms with Crippen LogP contribution in [0.1, 0.15) is 43.9 Å². The van der Waals surface area contributed by atoms with Gasteiger partial charge in [0.05, 0.1) is 28.7 Å². The van der Waals surface area contributed by atoms with Crippen molar-refractivity contribution in [1.82, 2.24) is 0 Å². The molecule has 2 amide bonds. The second kappa shape index (κ2) is 12.4. The highest BCUT2D eigenvalue weighted by Gasteiger charge is 2.53. The van der Waals surface area contributed by atoms with E-state index in [9.17, 15) is 24.0 Å². The normalized spacial score (nSPS) is 21.8. The van der Waals surface area contributed by atoms with Crippen LogP contribution in [0.25, 0.3) is 0 Å². The van der Waals surface area contributed by atoms with Crippen molar-refractivity contribution < 1.29 is 33.4 Å². The summed E-state index contributed by atoms with van der Waals surface area (Å²) in [5.74, 6) is -3.24. The molecule has 1 aliphatic heterocycles. The van der Waals surface area contributed by atoms with Crippen molar-refractivity contribution in [2.75, 3.05) is 11.5 Å². The van der Waals surface area contributed by atoms with Crippen molar-refractivity contribution in [2.45, 2.75) is 22.5 Å². The standard InChI is InChI=1S/C30H22Br3NO7/c31-18-9-5-17(6-10-18)29(38)41-19-11-7-16(8-12-19)26(35)15-40-30(39)20-3-1-2-4-25(20)34-27(36)21-13-23(32)24(33)14-22(21)28(34)37/h1-12,21-24H,13-15H2. The first-order valence-electron chi connectivity index (χ1n) is 12.7. The van der Waals surface area contributed by atoms with E-state index in [1.165, 1.54) is 36.4 Å². The van der Waals surface area contributed by atoms with Crippen molar-refractivity contribution >= 4 is 83.0 Å². The number of para-hydroxylation sites is 1. The van der Waals surface area contributed by atoms with Crippen LogP contribution in [0.3, 0.4) is 0 Å². The molecule has 4 atom stereocenters. The number of carbonyl (C=O) groups excluding carboxylic acids is 5. The third-order valence-electron chi connectivity index (χ3n) is 7.08. The van der Waals surface area contributed by atoms with E-state index in [4.69, 9.17) is 9.47 Å². The summed E-state index contributed by atoms with van der Waals surface area (Å²) in [4.78, 5) is 65.7. The Labute approximate surface area is 260 Å². The minimum atomic E-state index is -0.832. The van der Waals surface area contributed by atoms with Crippen molar-refractivity contribution in [3.8, 4) is 5.75 Å². The first-order chi connectivity index (χ1) is 19.6. The molecule has 1 saturated carbocycles. The molecule has 2 aliphatic rings. The lowest BCUT2D eigenvalue weighted by molar-refractivity contribution is -0.122. The summed E-state index contributed by atoms with van der Waals surface area (Å²) < 4.78 is 11.5. The molecule has 0 N–H and O–H groups in total. The van der Waals surface area contributed by atoms with Crippen LogP contribution >= 0.6 is 47.8 Å². The van der Waals surface area contributed by atoms with Crippen molar-refractivity contribution in [2.24, 2.45) is 11.8 Å². The minimum Gasteiger partial charge on any atom is -0.454 e. The van der Waals surface area contributed by atoms with Gasteiger partial charge in [0.1, 0.15) is 5.75 Å². The van der Waals surface area contributed by atoms with Crippen LogP contribution in [0.4, 0.5) is 5.69 Å². The average Bonchev–Trinajstić information content (AvgIpc) is 3.20. The number of imide groups is 1. The Morgan fingerprint density at radius 1 is 0.756 bits per heavy atom. The van der Waals surface area contributed by atoms with E-state index in [1.54, 1.807) is 36.4 Å². The van der Waals surface area contributed by atoms with Gasteiger partial charge < -0.3 is 9.47 Å². The van der Waals surface area contributed by atoms with Gasteiger partial charge >= 0.3 is 11.9 Å². The molecule has 5 rings (SSSR count). The molecule has 0 radical (unpaired) electrons. The van der Waals surface area contributed by atoms with Gasteiger partial charge in [0, 0.05) is 19.7 Å². The summed E-state index contributed by atoms with van der Waals surface area (Å²) in [6, 6.07) is 18.8. The Balaban J connectivity index is 1.23. The van der Waals surface area contributed by atoms with E-state index in [0.29, 0.717) is 18.4 Å². The van der Waals surface area contributed by atoms with Crippen LogP contribution in [0.5, 0.6) is 5.75 Å². The lowest BCUT2D eigenvalue weighted by atomic mass is 9.81. The van der Waals surface area contributed by atoms with E-state index in [1.807, 2.05) is 0 Å². The number of alkyl halides is 2. The highest BCUT2D eigenvalue weighted by Crippen LogP contribution is 2.45. The number of ether oxygens (including phenoxy) is 2. The van der Waals surface area contributed by atoms with Gasteiger partial charge in [-0.3, -0.25) is 14.4 Å². The molecule has 2 fully saturated rings. The number of nitrogens with zero attached hydrogens (tertiary/aromatic N) is 1. The van der Waals surface area contributed by atoms with Crippen LogP contribution < -0.4 is 9.64 Å². The SMILES string of the molecule is O=C(COC(=O)c1ccccc1N1C(=O)C2CC(Br)C(Br)CC2C1=O)c1ccc(OC(=O)c2ccc(Br)cc2)cc1. The molecule has 8 nitrogen and oxygen atoms in total. The maximum absolute atomic E-state index is 13.2. The number of hydrogen-bond donors (Lipinski definition) is 0. The molecule has 4 unspecified atom stereocenters. The summed E-state index contributed by atoms with van der Waals surface area (Å²) in [5.41, 5.74) is 0.776. The number of Topliss-reactive ketones (excluding diaryl/α,β-unsaturated/α-hetero) is 1. The van der Waals surface area contributed by atoms with Crippen molar-refractivity contribution in [3.05, 3.63) is 94.0 Å². The molecule has 3 aromatic carbocycles. The van der Waals surface area contributed by atoms with E-state index in [2.05, 4.69) is 47.8 Å². The van der Waals surface area contributed by atoms with Gasteiger partial charge in [-0.05, 0) is 73.5 Å². The first-order valence-corrected chi connectivity index (χ1v) is 15.3. The number of amides is 2. The molecule has 3 aromatic rings. The number of rotatable bonds is 7. The largest absolute Gasteiger partial charge is 0.454 e. The minimum absolute atomic E-state index is 0.0154. The number of hydrogen-bond acceptors (Lipinski definition) is 7. The van der Waals surface area contributed by atoms with E-state index >= 15 is 0 Å². The second-order valence-electron chi connectivity index (χ2n) is 9.67. The molecule has 41 heavy (non-hydrogen) atoms. The Kier molecular flexibility index (Phi) is 8.86. The zero-order valence-corrected chi connectivity index (χ0v) is 26.1. The number of carbonyl (C=O) groups is 5. The first kappa shape index (κ1) is 29.3. The molecule has 11 heteroatoms. The van der Waals surface area contributed by atoms with Gasteiger partial charge in [-0.2, -0.15) is 0 Å². The van der Waals surface area contributed by atoms with E-state index < -0.39 is 36.2 Å². The predicted octanol–water partition coefficient (Wildman–Crippen LogP) is 6.13. The van der Waals surface area contributed by atoms with E-state index in [0.717, 1.165) is 9.37 Å². The van der Waals surface area contributed by atoms with Gasteiger partial charge in [0.25, 0.3) is 0 Å². The third kappa shape index (κ3) is 6.22. The van der Waals surface area contributed by atoms with Gasteiger partial charge in [0.15, 0.2) is 12.4 Å². The smallest absolute Gasteiger partial charge is 0.343 e. The second-order valence-corrected chi connectivity index (χ2v) is 12.9. The fourth-order valence-corrected chi connectivity index (χ4v) is 6.43. The van der Waals surface area contributed by atoms with Gasteiger partial charge in [-0.1, -0.05) is 59.9 Å². The number of fused-ring (bicyclic) bond motifs is 1. The number of anilines is 1. The van der Waals surface area contributed by atoms with E-state index in [-0.39, 0.29) is 44.0 Å². The Hall–Kier alpha value is -3.15. The van der Waals surface area contributed by atoms with Crippen LogP contribution in [0.2, 0.25) is 0 Å². The molecular formula is C30H22Br3NO7. The third-order valence-corrected chi connectivity index (χ3v) is 10.3. The number of esters is 2. The topological polar surface area (TPSA) is 107 Å². The molecule has 210 valence electrons. The van der Waals surface area contributed by atoms with Crippen LogP contribution in [0, 0.1) is 11.8 Å². The summed E-state index contributed by atoms with van der Waals surface area (Å²) in [6.45, 7) is -0.561. The zero-order chi connectivity index (χ0) is 29.3. The van der Waals surface area contributed by atoms with Crippen molar-refractivity contribution in [3.63, 3.8) is 0 Å². The highest BCUT2D eigenvalue weighted by atomic mass is 79.9. The van der Waals surface area contributed by atoms with Crippen molar-refractivity contribution in [1.29, 1.82) is 0 Å². The monoisotopic (exact) mass is 745 g/mol. The Morgan fingerprint density at radius 3 is 1.93 bits per heavy atom. The quantitative estimate of drug-likeness (QED) is 0.0941. The maximum atomic E-state index is 13.2. The fourth-order valence-electron chi connectivity index (χ4n) is 4.93. The molecule has 1 heterocycles. The summed E-state index contributed by atoms with van der Waals surface area (Å²) in [5, 5.41) is 0. The summed E-state index contributed by atoms with van der Waals surface area (Å²) in [6.07, 6.45) is 1.01. The van der Waals surface area contributed by atoms with Gasteiger partial charge in [-0.15, -0.1) is 0 Å². The lowest BCUT2D eigenvalue weighted by Crippen LogP contribution is -2.34. The molecule has 0 aromatic heterocycles. The number of benzene rings is 3. The Morgan fingerprint density at radius 2 is 1.32 bits per heavy atom. The zero-order valence-electron chi connectivity index (χ0n) is 21.3. The molecule has 0 bridgehead atoms. The molecule has 1 aliphatic carbocycles. The molecule has 0 spiro atoms. The van der Waals surface area contributed by atoms with Gasteiger partial charge in [-0.25, -0.2) is 14.5 Å². The lowest BCUT2D eigenvalue weighted by Gasteiger charge is -2.29.